The molecule has 0 heterocycles. The lowest BCUT2D eigenvalue weighted by atomic mass is 9.97. The SMILES string of the molecule is CCNC(Cc1ccccc1S(=O)(=O)CC)CC(C)C. The molecule has 0 aliphatic carbocycles. The van der Waals surface area contributed by atoms with E-state index in [1.807, 2.05) is 12.1 Å². The van der Waals surface area contributed by atoms with E-state index in [0.717, 1.165) is 24.9 Å². The molecule has 20 heavy (non-hydrogen) atoms. The third-order valence-corrected chi connectivity index (χ3v) is 5.23. The molecule has 114 valence electrons. The Labute approximate surface area is 123 Å². The van der Waals surface area contributed by atoms with Gasteiger partial charge < -0.3 is 5.32 Å². The van der Waals surface area contributed by atoms with Crippen molar-refractivity contribution in [2.24, 2.45) is 5.92 Å². The maximum absolute atomic E-state index is 12.2. The van der Waals surface area contributed by atoms with E-state index in [0.29, 0.717) is 16.9 Å². The standard InChI is InChI=1S/C16H27NO2S/c1-5-17-15(11-13(3)4)12-14-9-7-8-10-16(14)20(18,19)6-2/h7-10,13,15,17H,5-6,11-12H2,1-4H3. The molecule has 0 amide bonds. The van der Waals surface area contributed by atoms with Crippen molar-refractivity contribution in [1.82, 2.24) is 5.32 Å². The van der Waals surface area contributed by atoms with E-state index in [-0.39, 0.29) is 5.75 Å². The van der Waals surface area contributed by atoms with Gasteiger partial charge in [-0.1, -0.05) is 45.9 Å². The maximum Gasteiger partial charge on any atom is 0.178 e. The smallest absolute Gasteiger partial charge is 0.178 e. The first-order valence-corrected chi connectivity index (χ1v) is 9.10. The van der Waals surface area contributed by atoms with Crippen molar-refractivity contribution in [2.75, 3.05) is 12.3 Å². The molecule has 0 fully saturated rings. The monoisotopic (exact) mass is 297 g/mol. The molecule has 1 aromatic rings. The van der Waals surface area contributed by atoms with E-state index in [1.54, 1.807) is 19.1 Å². The van der Waals surface area contributed by atoms with Crippen molar-refractivity contribution in [3.63, 3.8) is 0 Å². The summed E-state index contributed by atoms with van der Waals surface area (Å²) in [4.78, 5) is 0.495. The van der Waals surface area contributed by atoms with E-state index in [1.165, 1.54) is 0 Å². The first-order valence-electron chi connectivity index (χ1n) is 7.44. The summed E-state index contributed by atoms with van der Waals surface area (Å²) in [7, 11) is -3.15. The van der Waals surface area contributed by atoms with Gasteiger partial charge in [-0.15, -0.1) is 0 Å². The highest BCUT2D eigenvalue weighted by atomic mass is 32.2. The van der Waals surface area contributed by atoms with Gasteiger partial charge in [0.25, 0.3) is 0 Å². The van der Waals surface area contributed by atoms with Crippen molar-refractivity contribution in [3.8, 4) is 0 Å². The zero-order valence-electron chi connectivity index (χ0n) is 13.0. The van der Waals surface area contributed by atoms with Gasteiger partial charge in [-0.05, 0) is 36.9 Å². The van der Waals surface area contributed by atoms with E-state index >= 15 is 0 Å². The van der Waals surface area contributed by atoms with Crippen LogP contribution in [0.5, 0.6) is 0 Å². The molecule has 0 aliphatic heterocycles. The van der Waals surface area contributed by atoms with Crippen LogP contribution in [0.3, 0.4) is 0 Å². The second kappa shape index (κ2) is 7.79. The number of sulfone groups is 1. The fourth-order valence-corrected chi connectivity index (χ4v) is 3.64. The lowest BCUT2D eigenvalue weighted by Gasteiger charge is -2.21. The van der Waals surface area contributed by atoms with Gasteiger partial charge >= 0.3 is 0 Å². The number of benzene rings is 1. The van der Waals surface area contributed by atoms with Crippen LogP contribution in [-0.2, 0) is 16.3 Å². The summed E-state index contributed by atoms with van der Waals surface area (Å²) in [6, 6.07) is 7.71. The first-order chi connectivity index (χ1) is 9.40. The van der Waals surface area contributed by atoms with Crippen LogP contribution >= 0.6 is 0 Å². The van der Waals surface area contributed by atoms with Crippen LogP contribution in [0, 0.1) is 5.92 Å². The lowest BCUT2D eigenvalue weighted by molar-refractivity contribution is 0.422. The van der Waals surface area contributed by atoms with Gasteiger partial charge in [0.05, 0.1) is 10.6 Å². The molecule has 0 aliphatic rings. The molecule has 0 spiro atoms. The van der Waals surface area contributed by atoms with Crippen molar-refractivity contribution >= 4 is 9.84 Å². The summed E-state index contributed by atoms with van der Waals surface area (Å²) in [5, 5.41) is 3.46. The van der Waals surface area contributed by atoms with Crippen LogP contribution in [0.2, 0.25) is 0 Å². The molecule has 1 rings (SSSR count). The normalized spacial score (nSPS) is 13.7. The zero-order valence-corrected chi connectivity index (χ0v) is 13.8. The Morgan fingerprint density at radius 3 is 2.35 bits per heavy atom. The van der Waals surface area contributed by atoms with Crippen LogP contribution in [0.4, 0.5) is 0 Å². The third kappa shape index (κ3) is 4.91. The quantitative estimate of drug-likeness (QED) is 0.802. The second-order valence-electron chi connectivity index (χ2n) is 5.60. The third-order valence-electron chi connectivity index (χ3n) is 3.40. The predicted octanol–water partition coefficient (Wildman–Crippen LogP) is 3.05. The van der Waals surface area contributed by atoms with Crippen LogP contribution in [-0.4, -0.2) is 26.8 Å². The average molecular weight is 297 g/mol. The summed E-state index contributed by atoms with van der Waals surface area (Å²) in [6.45, 7) is 9.07. The summed E-state index contributed by atoms with van der Waals surface area (Å²) in [5.41, 5.74) is 0.931. The minimum Gasteiger partial charge on any atom is -0.314 e. The number of nitrogens with one attached hydrogen (secondary N) is 1. The predicted molar refractivity (Wildman–Crippen MR) is 84.8 cm³/mol. The van der Waals surface area contributed by atoms with Crippen molar-refractivity contribution in [2.45, 2.75) is 51.5 Å². The van der Waals surface area contributed by atoms with Gasteiger partial charge in [-0.2, -0.15) is 0 Å². The lowest BCUT2D eigenvalue weighted by Crippen LogP contribution is -2.32. The molecule has 4 heteroatoms. The Morgan fingerprint density at radius 1 is 1.15 bits per heavy atom. The summed E-state index contributed by atoms with van der Waals surface area (Å²) < 4.78 is 24.3. The maximum atomic E-state index is 12.2. The topological polar surface area (TPSA) is 46.2 Å². The van der Waals surface area contributed by atoms with Crippen LogP contribution in [0.25, 0.3) is 0 Å². The average Bonchev–Trinajstić information content (AvgIpc) is 2.38. The molecule has 0 saturated heterocycles. The Balaban J connectivity index is 3.01. The number of hydrogen-bond donors (Lipinski definition) is 1. The summed E-state index contributed by atoms with van der Waals surface area (Å²) in [5.74, 6) is 0.745. The second-order valence-corrected chi connectivity index (χ2v) is 7.85. The van der Waals surface area contributed by atoms with Gasteiger partial charge in [0.1, 0.15) is 0 Å². The molecule has 1 atom stereocenters. The Hall–Kier alpha value is -0.870. The Bertz CT molecular complexity index is 509. The molecular formula is C16H27NO2S. The van der Waals surface area contributed by atoms with Crippen molar-refractivity contribution < 1.29 is 8.42 Å². The van der Waals surface area contributed by atoms with Gasteiger partial charge in [0, 0.05) is 6.04 Å². The molecule has 0 saturated carbocycles. The van der Waals surface area contributed by atoms with E-state index in [2.05, 4.69) is 26.1 Å². The summed E-state index contributed by atoms with van der Waals surface area (Å²) >= 11 is 0. The first kappa shape index (κ1) is 17.2. The molecule has 3 nitrogen and oxygen atoms in total. The van der Waals surface area contributed by atoms with Crippen LogP contribution in [0.15, 0.2) is 29.2 Å². The molecular weight excluding hydrogens is 270 g/mol. The van der Waals surface area contributed by atoms with Crippen LogP contribution < -0.4 is 5.32 Å². The highest BCUT2D eigenvalue weighted by Gasteiger charge is 2.19. The largest absolute Gasteiger partial charge is 0.314 e. The van der Waals surface area contributed by atoms with Crippen LogP contribution in [0.1, 0.15) is 39.7 Å². The molecule has 1 unspecified atom stereocenters. The van der Waals surface area contributed by atoms with E-state index in [9.17, 15) is 8.42 Å². The minimum atomic E-state index is -3.15. The molecule has 1 N–H and O–H groups in total. The zero-order chi connectivity index (χ0) is 15.2. The number of hydrogen-bond acceptors (Lipinski definition) is 3. The highest BCUT2D eigenvalue weighted by molar-refractivity contribution is 7.91. The van der Waals surface area contributed by atoms with E-state index in [4.69, 9.17) is 0 Å². The Morgan fingerprint density at radius 2 is 1.80 bits per heavy atom. The Kier molecular flexibility index (Phi) is 6.69. The summed E-state index contributed by atoms with van der Waals surface area (Å²) in [6.07, 6.45) is 1.82. The van der Waals surface area contributed by atoms with Gasteiger partial charge in [-0.3, -0.25) is 0 Å². The minimum absolute atomic E-state index is 0.153. The van der Waals surface area contributed by atoms with Gasteiger partial charge in [-0.25, -0.2) is 8.42 Å². The van der Waals surface area contributed by atoms with Crippen molar-refractivity contribution in [3.05, 3.63) is 29.8 Å². The molecule has 1 aromatic carbocycles. The fraction of sp³-hybridized carbons (Fsp3) is 0.625. The number of likely N-dealkylation sites (N-methyl/N-ethyl adjacent to an activating group) is 1. The fourth-order valence-electron chi connectivity index (χ4n) is 2.49. The molecule has 0 aromatic heterocycles. The number of rotatable bonds is 8. The van der Waals surface area contributed by atoms with E-state index < -0.39 is 9.84 Å². The van der Waals surface area contributed by atoms with Gasteiger partial charge in [0.15, 0.2) is 9.84 Å². The molecule has 0 radical (unpaired) electrons. The highest BCUT2D eigenvalue weighted by Crippen LogP contribution is 2.20. The van der Waals surface area contributed by atoms with Crippen molar-refractivity contribution in [1.29, 1.82) is 0 Å². The van der Waals surface area contributed by atoms with Gasteiger partial charge in [0.2, 0.25) is 0 Å². The molecule has 0 bridgehead atoms.